The minimum absolute atomic E-state index is 0.0711. The molecule has 0 saturated heterocycles. The zero-order valence-electron chi connectivity index (χ0n) is 11.4. The molecule has 0 fully saturated rings. The Bertz CT molecular complexity index is 453. The summed E-state index contributed by atoms with van der Waals surface area (Å²) in [6, 6.07) is 2.61. The molecule has 0 radical (unpaired) electrons. The van der Waals surface area contributed by atoms with Crippen molar-refractivity contribution in [3.8, 4) is 5.75 Å². The summed E-state index contributed by atoms with van der Waals surface area (Å²) in [4.78, 5) is 11.1. The van der Waals surface area contributed by atoms with E-state index in [1.165, 1.54) is 12.1 Å². The fourth-order valence-corrected chi connectivity index (χ4v) is 2.33. The maximum absolute atomic E-state index is 11.8. The van der Waals surface area contributed by atoms with Crippen LogP contribution in [0.5, 0.6) is 5.75 Å². The molecule has 1 rings (SSSR count). The van der Waals surface area contributed by atoms with Crippen LogP contribution >= 0.6 is 0 Å². The van der Waals surface area contributed by atoms with Crippen LogP contribution in [0.3, 0.4) is 0 Å². The number of hydrogen-bond acceptors (Lipinski definition) is 3. The van der Waals surface area contributed by atoms with Crippen LogP contribution in [0.25, 0.3) is 0 Å². The number of carboxylic acids is 1. The van der Waals surface area contributed by atoms with E-state index in [9.17, 15) is 14.1 Å². The lowest BCUT2D eigenvalue weighted by Gasteiger charge is -2.10. The van der Waals surface area contributed by atoms with Crippen LogP contribution in [0.1, 0.15) is 43.6 Å². The van der Waals surface area contributed by atoms with Gasteiger partial charge >= 0.3 is 5.97 Å². The number of aromatic hydroxyl groups is 1. The zero-order chi connectivity index (χ0) is 14.5. The summed E-state index contributed by atoms with van der Waals surface area (Å²) in [5.74, 6) is -1.20. The molecule has 1 aromatic carbocycles. The Labute approximate surface area is 110 Å². The van der Waals surface area contributed by atoms with Gasteiger partial charge in [0.1, 0.15) is 5.75 Å². The molecule has 1 atom stereocenters. The Kier molecular flexibility index (Phi) is 6.62. The molecule has 4 nitrogen and oxygen atoms in total. The summed E-state index contributed by atoms with van der Waals surface area (Å²) < 4.78 is 11.8. The first-order chi connectivity index (χ1) is 8.34. The van der Waals surface area contributed by atoms with Gasteiger partial charge in [0.15, 0.2) is 0 Å². The number of phenolic OH excluding ortho intramolecular Hbond substituents is 1. The normalized spacial score (nSPS) is 11.7. The Morgan fingerprint density at radius 2 is 1.78 bits per heavy atom. The van der Waals surface area contributed by atoms with Crippen molar-refractivity contribution in [3.05, 3.63) is 23.3 Å². The third-order valence-electron chi connectivity index (χ3n) is 2.18. The molecule has 0 aromatic heterocycles. The van der Waals surface area contributed by atoms with E-state index in [2.05, 4.69) is 0 Å². The van der Waals surface area contributed by atoms with E-state index in [-0.39, 0.29) is 21.5 Å². The lowest BCUT2D eigenvalue weighted by atomic mass is 10.1. The molecule has 0 aliphatic carbocycles. The third kappa shape index (κ3) is 3.84. The molecule has 1 unspecified atom stereocenters. The lowest BCUT2D eigenvalue weighted by molar-refractivity contribution is 0.0696. The zero-order valence-corrected chi connectivity index (χ0v) is 12.2. The lowest BCUT2D eigenvalue weighted by Crippen LogP contribution is -2.08. The Hall–Kier alpha value is -1.36. The van der Waals surface area contributed by atoms with Gasteiger partial charge in [-0.2, -0.15) is 0 Å². The van der Waals surface area contributed by atoms with Crippen molar-refractivity contribution in [2.24, 2.45) is 0 Å². The molecule has 0 aliphatic heterocycles. The van der Waals surface area contributed by atoms with Gasteiger partial charge in [0, 0.05) is 5.25 Å². The highest BCUT2D eigenvalue weighted by Crippen LogP contribution is 2.27. The van der Waals surface area contributed by atoms with Crippen LogP contribution in [0.4, 0.5) is 0 Å². The Morgan fingerprint density at radius 1 is 1.28 bits per heavy atom. The van der Waals surface area contributed by atoms with E-state index < -0.39 is 16.8 Å². The number of benzene rings is 1. The molecule has 0 spiro atoms. The molecule has 0 aliphatic rings. The predicted octanol–water partition coefficient (Wildman–Crippen LogP) is 2.94. The van der Waals surface area contributed by atoms with Gasteiger partial charge in [-0.3, -0.25) is 4.21 Å². The molecule has 1 aromatic rings. The molecular formula is C13H20O4S. The van der Waals surface area contributed by atoms with Crippen LogP contribution in [-0.2, 0) is 10.8 Å². The van der Waals surface area contributed by atoms with Gasteiger partial charge in [-0.25, -0.2) is 4.79 Å². The van der Waals surface area contributed by atoms with E-state index in [0.29, 0.717) is 5.56 Å². The largest absolute Gasteiger partial charge is 0.507 e. The van der Waals surface area contributed by atoms with E-state index in [1.807, 2.05) is 13.8 Å². The van der Waals surface area contributed by atoms with E-state index in [4.69, 9.17) is 5.11 Å². The number of carbonyl (C=O) groups is 1. The van der Waals surface area contributed by atoms with E-state index >= 15 is 0 Å². The summed E-state index contributed by atoms with van der Waals surface area (Å²) in [7, 11) is -1.40. The van der Waals surface area contributed by atoms with Crippen molar-refractivity contribution < 1.29 is 19.2 Å². The standard InChI is InChI=1S/C11H14O4S.C2H6/c1-6(2)16(15)10-5-8(11(13)14)7(3)4-9(10)12;1-2/h4-6,12H,1-3H3,(H,13,14);1-2H3. The van der Waals surface area contributed by atoms with Gasteiger partial charge in [0.25, 0.3) is 0 Å². The molecule has 0 bridgehead atoms. The van der Waals surface area contributed by atoms with Crippen molar-refractivity contribution in [1.82, 2.24) is 0 Å². The smallest absolute Gasteiger partial charge is 0.335 e. The monoisotopic (exact) mass is 272 g/mol. The topological polar surface area (TPSA) is 74.6 Å². The second-order valence-corrected chi connectivity index (χ2v) is 5.76. The van der Waals surface area contributed by atoms with Crippen molar-refractivity contribution in [3.63, 3.8) is 0 Å². The second-order valence-electron chi connectivity index (χ2n) is 3.79. The average molecular weight is 272 g/mol. The maximum Gasteiger partial charge on any atom is 0.335 e. The predicted molar refractivity (Wildman–Crippen MR) is 72.7 cm³/mol. The van der Waals surface area contributed by atoms with Crippen molar-refractivity contribution in [2.75, 3.05) is 0 Å². The van der Waals surface area contributed by atoms with Gasteiger partial charge in [-0.15, -0.1) is 0 Å². The van der Waals surface area contributed by atoms with Crippen molar-refractivity contribution in [1.29, 1.82) is 0 Å². The molecular weight excluding hydrogens is 252 g/mol. The number of carboxylic acid groups (broad SMARTS) is 1. The fraction of sp³-hybridized carbons (Fsp3) is 0.462. The number of rotatable bonds is 3. The average Bonchev–Trinajstić information content (AvgIpc) is 2.30. The van der Waals surface area contributed by atoms with Crippen LogP contribution in [0.2, 0.25) is 0 Å². The van der Waals surface area contributed by atoms with Gasteiger partial charge in [-0.1, -0.05) is 27.7 Å². The van der Waals surface area contributed by atoms with Gasteiger partial charge in [0.2, 0.25) is 0 Å². The minimum Gasteiger partial charge on any atom is -0.507 e. The highest BCUT2D eigenvalue weighted by Gasteiger charge is 2.17. The summed E-state index contributed by atoms with van der Waals surface area (Å²) in [5, 5.41) is 18.4. The number of hydrogen-bond donors (Lipinski definition) is 2. The first-order valence-corrected chi connectivity index (χ1v) is 7.03. The molecule has 2 N–H and O–H groups in total. The molecule has 0 heterocycles. The van der Waals surface area contributed by atoms with E-state index in [0.717, 1.165) is 0 Å². The summed E-state index contributed by atoms with van der Waals surface area (Å²) in [6.45, 7) is 9.08. The highest BCUT2D eigenvalue weighted by molar-refractivity contribution is 7.85. The fourth-order valence-electron chi connectivity index (χ4n) is 1.32. The minimum atomic E-state index is -1.40. The van der Waals surface area contributed by atoms with Crippen LogP contribution in [0, 0.1) is 6.92 Å². The number of aromatic carboxylic acids is 1. The van der Waals surface area contributed by atoms with E-state index in [1.54, 1.807) is 20.8 Å². The van der Waals surface area contributed by atoms with Crippen LogP contribution in [0.15, 0.2) is 17.0 Å². The molecule has 18 heavy (non-hydrogen) atoms. The molecule has 102 valence electrons. The van der Waals surface area contributed by atoms with Crippen molar-refractivity contribution in [2.45, 2.75) is 44.8 Å². The molecule has 5 heteroatoms. The van der Waals surface area contributed by atoms with Crippen LogP contribution in [-0.4, -0.2) is 25.6 Å². The quantitative estimate of drug-likeness (QED) is 0.887. The number of aryl methyl sites for hydroxylation is 1. The molecule has 0 amide bonds. The van der Waals surface area contributed by atoms with Crippen LogP contribution < -0.4 is 0 Å². The second kappa shape index (κ2) is 7.16. The summed E-state index contributed by atoms with van der Waals surface area (Å²) in [6.07, 6.45) is 0. The van der Waals surface area contributed by atoms with Gasteiger partial charge < -0.3 is 10.2 Å². The number of phenols is 1. The Balaban J connectivity index is 0.00000137. The first kappa shape index (κ1) is 16.6. The highest BCUT2D eigenvalue weighted by atomic mass is 32.2. The Morgan fingerprint density at radius 3 is 2.17 bits per heavy atom. The van der Waals surface area contributed by atoms with Gasteiger partial charge in [0.05, 0.1) is 21.3 Å². The van der Waals surface area contributed by atoms with Gasteiger partial charge in [-0.05, 0) is 24.6 Å². The third-order valence-corrected chi connectivity index (χ3v) is 3.80. The SMILES string of the molecule is CC.Cc1cc(O)c(S(=O)C(C)C)cc1C(=O)O. The molecule has 0 saturated carbocycles. The summed E-state index contributed by atoms with van der Waals surface area (Å²) >= 11 is 0. The first-order valence-electron chi connectivity index (χ1n) is 5.82. The maximum atomic E-state index is 11.8. The summed E-state index contributed by atoms with van der Waals surface area (Å²) in [5.41, 5.74) is 0.524. The van der Waals surface area contributed by atoms with Crippen molar-refractivity contribution >= 4 is 16.8 Å².